The minimum absolute atomic E-state index is 0.149. The van der Waals surface area contributed by atoms with Crippen LogP contribution in [0.2, 0.25) is 0 Å². The van der Waals surface area contributed by atoms with E-state index in [1.165, 1.54) is 13.8 Å². The van der Waals surface area contributed by atoms with Crippen molar-refractivity contribution >= 4 is 11.8 Å². The summed E-state index contributed by atoms with van der Waals surface area (Å²) in [6.45, 7) is 9.85. The fourth-order valence-electron chi connectivity index (χ4n) is 3.17. The Morgan fingerprint density at radius 1 is 0.636 bits per heavy atom. The van der Waals surface area contributed by atoms with Gasteiger partial charge in [-0.2, -0.15) is 26.3 Å². The van der Waals surface area contributed by atoms with E-state index in [4.69, 9.17) is 0 Å². The van der Waals surface area contributed by atoms with Crippen LogP contribution in [0.15, 0.2) is 34.1 Å². The van der Waals surface area contributed by atoms with Crippen LogP contribution in [-0.4, -0.2) is 0 Å². The van der Waals surface area contributed by atoms with Gasteiger partial charge in [0.2, 0.25) is 0 Å². The summed E-state index contributed by atoms with van der Waals surface area (Å²) < 4.78 is 83.3. The highest BCUT2D eigenvalue weighted by atomic mass is 32.2. The number of benzene rings is 2. The SMILES string of the molecule is CC#Cc1c(Sc2cc(C(C)C)cc(C(F)(F)F)c2C#CC)cc(C(C)C)cc1C(F)(F)F. The van der Waals surface area contributed by atoms with Crippen molar-refractivity contribution in [3.63, 3.8) is 0 Å². The molecule has 0 saturated heterocycles. The zero-order valence-corrected chi connectivity index (χ0v) is 20.0. The number of hydrogen-bond acceptors (Lipinski definition) is 1. The summed E-state index contributed by atoms with van der Waals surface area (Å²) in [6, 6.07) is 5.27. The lowest BCUT2D eigenvalue weighted by molar-refractivity contribution is -0.138. The van der Waals surface area contributed by atoms with Gasteiger partial charge in [0.1, 0.15) is 0 Å². The van der Waals surface area contributed by atoms with Crippen molar-refractivity contribution in [3.8, 4) is 23.7 Å². The number of halogens is 6. The first kappa shape index (κ1) is 26.7. The molecule has 2 rings (SSSR count). The molecule has 176 valence electrons. The van der Waals surface area contributed by atoms with Gasteiger partial charge in [0.25, 0.3) is 0 Å². The van der Waals surface area contributed by atoms with Crippen LogP contribution in [0, 0.1) is 23.7 Å². The monoisotopic (exact) mass is 482 g/mol. The van der Waals surface area contributed by atoms with Crippen molar-refractivity contribution in [3.05, 3.63) is 57.6 Å². The molecule has 0 N–H and O–H groups in total. The molecule has 0 atom stereocenters. The number of hydrogen-bond donors (Lipinski definition) is 0. The first-order valence-corrected chi connectivity index (χ1v) is 11.1. The average Bonchev–Trinajstić information content (AvgIpc) is 2.68. The van der Waals surface area contributed by atoms with Gasteiger partial charge in [0, 0.05) is 9.79 Å². The largest absolute Gasteiger partial charge is 0.417 e. The van der Waals surface area contributed by atoms with Gasteiger partial charge in [-0.15, -0.1) is 11.8 Å². The Morgan fingerprint density at radius 2 is 0.970 bits per heavy atom. The minimum atomic E-state index is -4.66. The van der Waals surface area contributed by atoms with Gasteiger partial charge in [-0.1, -0.05) is 51.3 Å². The highest BCUT2D eigenvalue weighted by Crippen LogP contribution is 2.44. The number of alkyl halides is 6. The van der Waals surface area contributed by atoms with Crippen molar-refractivity contribution in [2.24, 2.45) is 0 Å². The van der Waals surface area contributed by atoms with E-state index in [1.807, 2.05) is 0 Å². The van der Waals surface area contributed by atoms with E-state index in [-0.39, 0.29) is 32.8 Å². The molecule has 2 aromatic carbocycles. The Balaban J connectivity index is 2.93. The zero-order valence-electron chi connectivity index (χ0n) is 19.1. The van der Waals surface area contributed by atoms with Crippen molar-refractivity contribution in [2.45, 2.75) is 75.5 Å². The topological polar surface area (TPSA) is 0 Å². The van der Waals surface area contributed by atoms with Crippen LogP contribution in [0.4, 0.5) is 26.3 Å². The van der Waals surface area contributed by atoms with Gasteiger partial charge in [0.15, 0.2) is 0 Å². The molecule has 0 fully saturated rings. The second kappa shape index (κ2) is 10.2. The highest BCUT2D eigenvalue weighted by molar-refractivity contribution is 7.99. The van der Waals surface area contributed by atoms with Crippen LogP contribution in [0.1, 0.15) is 86.8 Å². The van der Waals surface area contributed by atoms with Gasteiger partial charge >= 0.3 is 12.4 Å². The lowest BCUT2D eigenvalue weighted by Gasteiger charge is -2.20. The summed E-state index contributed by atoms with van der Waals surface area (Å²) in [6.07, 6.45) is -9.33. The van der Waals surface area contributed by atoms with Gasteiger partial charge in [-0.25, -0.2) is 0 Å². The Hall–Kier alpha value is -2.51. The third kappa shape index (κ3) is 6.30. The van der Waals surface area contributed by atoms with E-state index < -0.39 is 23.5 Å². The maximum Gasteiger partial charge on any atom is 0.417 e. The molecule has 0 aliphatic carbocycles. The summed E-state index contributed by atoms with van der Waals surface area (Å²) in [7, 11) is 0. The van der Waals surface area contributed by atoms with Gasteiger partial charge in [-0.05, 0) is 61.1 Å². The molecular weight excluding hydrogens is 458 g/mol. The molecule has 0 nitrogen and oxygen atoms in total. The Kier molecular flexibility index (Phi) is 8.25. The third-order valence-corrected chi connectivity index (χ3v) is 6.00. The van der Waals surface area contributed by atoms with Crippen LogP contribution < -0.4 is 0 Å². The molecule has 0 bridgehead atoms. The zero-order chi connectivity index (χ0) is 25.1. The number of rotatable bonds is 4. The molecule has 0 aromatic heterocycles. The van der Waals surface area contributed by atoms with Gasteiger partial charge in [0.05, 0.1) is 22.3 Å². The molecule has 0 radical (unpaired) electrons. The van der Waals surface area contributed by atoms with E-state index in [1.54, 1.807) is 39.8 Å². The van der Waals surface area contributed by atoms with E-state index in [2.05, 4.69) is 23.7 Å². The van der Waals surface area contributed by atoms with Crippen LogP contribution in [-0.2, 0) is 12.4 Å². The molecule has 2 aromatic rings. The molecule has 7 heteroatoms. The lowest BCUT2D eigenvalue weighted by atomic mass is 9.96. The van der Waals surface area contributed by atoms with Crippen molar-refractivity contribution < 1.29 is 26.3 Å². The molecule has 0 saturated carbocycles. The molecule has 0 unspecified atom stereocenters. The summed E-state index contributed by atoms with van der Waals surface area (Å²) in [5.41, 5.74) is -1.46. The highest BCUT2D eigenvalue weighted by Gasteiger charge is 2.37. The van der Waals surface area contributed by atoms with Gasteiger partial charge < -0.3 is 0 Å². The van der Waals surface area contributed by atoms with E-state index in [9.17, 15) is 26.3 Å². The van der Waals surface area contributed by atoms with E-state index >= 15 is 0 Å². The molecule has 0 spiro atoms. The molecule has 33 heavy (non-hydrogen) atoms. The molecule has 0 aliphatic heterocycles. The smallest absolute Gasteiger partial charge is 0.166 e. The van der Waals surface area contributed by atoms with Crippen molar-refractivity contribution in [1.82, 2.24) is 0 Å². The van der Waals surface area contributed by atoms with Gasteiger partial charge in [-0.3, -0.25) is 0 Å². The maximum absolute atomic E-state index is 13.9. The molecule has 0 amide bonds. The standard InChI is InChI=1S/C26H24F6S/c1-7-9-19-21(25(27,28)29)11-17(15(3)4)13-23(19)33-24-14-18(16(5)6)12-22(26(30,31)32)20(24)10-8-2/h11-16H,1-6H3. The van der Waals surface area contributed by atoms with Crippen molar-refractivity contribution in [1.29, 1.82) is 0 Å². The summed E-state index contributed by atoms with van der Waals surface area (Å²) in [5.74, 6) is 9.60. The normalized spacial score (nSPS) is 11.8. The average molecular weight is 483 g/mol. The first-order chi connectivity index (χ1) is 15.2. The van der Waals surface area contributed by atoms with Crippen LogP contribution in [0.25, 0.3) is 0 Å². The Morgan fingerprint density at radius 3 is 1.21 bits per heavy atom. The summed E-state index contributed by atoms with van der Waals surface area (Å²) in [5, 5.41) is 0. The predicted octanol–water partition coefficient (Wildman–Crippen LogP) is 8.87. The second-order valence-electron chi connectivity index (χ2n) is 8.04. The van der Waals surface area contributed by atoms with Crippen molar-refractivity contribution in [2.75, 3.05) is 0 Å². The molecular formula is C26H24F6S. The fraction of sp³-hybridized carbons (Fsp3) is 0.385. The Bertz CT molecular complexity index is 1050. The minimum Gasteiger partial charge on any atom is -0.166 e. The summed E-state index contributed by atoms with van der Waals surface area (Å²) >= 11 is 0.839. The van der Waals surface area contributed by atoms with Crippen LogP contribution in [0.3, 0.4) is 0 Å². The fourth-order valence-corrected chi connectivity index (χ4v) is 4.33. The molecule has 0 heterocycles. The first-order valence-electron chi connectivity index (χ1n) is 10.2. The third-order valence-electron chi connectivity index (χ3n) is 4.91. The second-order valence-corrected chi connectivity index (χ2v) is 9.12. The van der Waals surface area contributed by atoms with E-state index in [0.29, 0.717) is 11.1 Å². The lowest BCUT2D eigenvalue weighted by Crippen LogP contribution is -2.11. The van der Waals surface area contributed by atoms with Crippen LogP contribution in [0.5, 0.6) is 0 Å². The maximum atomic E-state index is 13.9. The van der Waals surface area contributed by atoms with Crippen LogP contribution >= 0.6 is 11.8 Å². The quantitative estimate of drug-likeness (QED) is 0.310. The summed E-state index contributed by atoms with van der Waals surface area (Å²) in [4.78, 5) is 0.298. The van der Waals surface area contributed by atoms with E-state index in [0.717, 1.165) is 23.9 Å². The predicted molar refractivity (Wildman–Crippen MR) is 120 cm³/mol. The Labute approximate surface area is 195 Å². The molecule has 0 aliphatic rings.